The quantitative estimate of drug-likeness (QED) is 0.255. The van der Waals surface area contributed by atoms with Crippen molar-refractivity contribution in [2.75, 3.05) is 19.8 Å². The van der Waals surface area contributed by atoms with Gasteiger partial charge in [0.15, 0.2) is 0 Å². The summed E-state index contributed by atoms with van der Waals surface area (Å²) in [6.07, 6.45) is 1.31. The number of rotatable bonds is 11. The zero-order valence-electron chi connectivity index (χ0n) is 14.5. The van der Waals surface area contributed by atoms with Gasteiger partial charge in [-0.1, -0.05) is 17.7 Å². The fourth-order valence-electron chi connectivity index (χ4n) is 1.89. The molecule has 140 valence electrons. The molecule has 0 aliphatic rings. The van der Waals surface area contributed by atoms with Gasteiger partial charge < -0.3 is 9.47 Å². The first-order valence-electron chi connectivity index (χ1n) is 8.12. The normalized spacial score (nSPS) is 11.1. The molecule has 7 nitrogen and oxygen atoms in total. The Kier molecular flexibility index (Phi) is 9.15. The Bertz CT molecular complexity index is 650. The van der Waals surface area contributed by atoms with E-state index >= 15 is 0 Å². The van der Waals surface area contributed by atoms with Crippen LogP contribution in [0.3, 0.4) is 0 Å². The number of benzene rings is 1. The molecule has 0 atom stereocenters. The van der Waals surface area contributed by atoms with E-state index in [2.05, 4.69) is 4.74 Å². The van der Waals surface area contributed by atoms with Crippen LogP contribution in [-0.4, -0.2) is 40.2 Å². The predicted molar refractivity (Wildman–Crippen MR) is 90.4 cm³/mol. The fraction of sp³-hybridized carbons (Fsp3) is 0.529. The number of hydrogen-bond acceptors (Lipinski definition) is 7. The van der Waals surface area contributed by atoms with Gasteiger partial charge in [0.2, 0.25) is 0 Å². The molecule has 8 heteroatoms. The highest BCUT2D eigenvalue weighted by molar-refractivity contribution is 7.86. The Morgan fingerprint density at radius 3 is 2.16 bits per heavy atom. The molecule has 0 heterocycles. The van der Waals surface area contributed by atoms with Crippen molar-refractivity contribution in [2.45, 2.75) is 44.4 Å². The Morgan fingerprint density at radius 2 is 1.52 bits per heavy atom. The first-order chi connectivity index (χ1) is 11.8. The topological polar surface area (TPSA) is 96.0 Å². The Morgan fingerprint density at radius 1 is 0.920 bits per heavy atom. The highest BCUT2D eigenvalue weighted by Crippen LogP contribution is 2.13. The van der Waals surface area contributed by atoms with E-state index in [9.17, 15) is 18.0 Å². The summed E-state index contributed by atoms with van der Waals surface area (Å²) in [4.78, 5) is 22.5. The van der Waals surface area contributed by atoms with E-state index in [0.29, 0.717) is 19.3 Å². The third-order valence-corrected chi connectivity index (χ3v) is 4.52. The number of esters is 2. The average molecular weight is 372 g/mol. The molecule has 0 aliphatic carbocycles. The second-order valence-electron chi connectivity index (χ2n) is 5.35. The van der Waals surface area contributed by atoms with Gasteiger partial charge in [0.25, 0.3) is 10.1 Å². The first kappa shape index (κ1) is 21.1. The summed E-state index contributed by atoms with van der Waals surface area (Å²) in [6, 6.07) is 6.43. The van der Waals surface area contributed by atoms with Crippen molar-refractivity contribution >= 4 is 22.1 Å². The van der Waals surface area contributed by atoms with Crippen LogP contribution in [0.1, 0.15) is 38.2 Å². The maximum absolute atomic E-state index is 11.9. The summed E-state index contributed by atoms with van der Waals surface area (Å²) >= 11 is 0. The van der Waals surface area contributed by atoms with Gasteiger partial charge in [0.05, 0.1) is 24.7 Å². The summed E-state index contributed by atoms with van der Waals surface area (Å²) in [5.41, 5.74) is 0.969. The molecule has 0 saturated carbocycles. The lowest BCUT2D eigenvalue weighted by molar-refractivity contribution is -0.154. The average Bonchev–Trinajstić information content (AvgIpc) is 2.54. The Labute approximate surface area is 148 Å². The van der Waals surface area contributed by atoms with Crippen molar-refractivity contribution in [3.05, 3.63) is 29.8 Å². The molecule has 0 N–H and O–H groups in total. The van der Waals surface area contributed by atoms with Crippen LogP contribution in [0.5, 0.6) is 0 Å². The maximum atomic E-state index is 11.9. The molecular formula is C17H24O7S. The molecular weight excluding hydrogens is 348 g/mol. The van der Waals surface area contributed by atoms with Gasteiger partial charge in [-0.05, 0) is 45.2 Å². The maximum Gasteiger partial charge on any atom is 0.317 e. The monoisotopic (exact) mass is 372 g/mol. The van der Waals surface area contributed by atoms with Crippen molar-refractivity contribution < 1.29 is 31.7 Å². The van der Waals surface area contributed by atoms with Gasteiger partial charge in [0, 0.05) is 0 Å². The van der Waals surface area contributed by atoms with Gasteiger partial charge in [-0.2, -0.15) is 8.42 Å². The van der Waals surface area contributed by atoms with E-state index in [-0.39, 0.29) is 24.7 Å². The summed E-state index contributed by atoms with van der Waals surface area (Å²) in [7, 11) is -3.74. The zero-order valence-corrected chi connectivity index (χ0v) is 15.3. The fourth-order valence-corrected chi connectivity index (χ4v) is 2.83. The van der Waals surface area contributed by atoms with E-state index in [4.69, 9.17) is 8.92 Å². The molecule has 0 saturated heterocycles. The van der Waals surface area contributed by atoms with Crippen molar-refractivity contribution in [1.29, 1.82) is 0 Å². The second-order valence-corrected chi connectivity index (χ2v) is 6.97. The standard InChI is InChI=1S/C17H24O7S/c1-3-22-16(18)13-17(19)23-11-5-4-6-12-24-25(20,21)15-9-7-14(2)8-10-15/h7-10H,3-6,11-13H2,1-2H3. The van der Waals surface area contributed by atoms with Crippen LogP contribution >= 0.6 is 0 Å². The van der Waals surface area contributed by atoms with Crippen molar-refractivity contribution in [3.63, 3.8) is 0 Å². The SMILES string of the molecule is CCOC(=O)CC(=O)OCCCCCOS(=O)(=O)c1ccc(C)cc1. The number of carbonyl (C=O) groups is 2. The summed E-state index contributed by atoms with van der Waals surface area (Å²) in [5.74, 6) is -1.24. The highest BCUT2D eigenvalue weighted by Gasteiger charge is 2.14. The third kappa shape index (κ3) is 8.64. The highest BCUT2D eigenvalue weighted by atomic mass is 32.2. The second kappa shape index (κ2) is 10.8. The van der Waals surface area contributed by atoms with Crippen LogP contribution < -0.4 is 0 Å². The molecule has 0 aromatic heterocycles. The van der Waals surface area contributed by atoms with Crippen LogP contribution in [0.15, 0.2) is 29.2 Å². The van der Waals surface area contributed by atoms with E-state index in [0.717, 1.165) is 5.56 Å². The molecule has 0 aliphatic heterocycles. The predicted octanol–water partition coefficient (Wildman–Crippen LogP) is 2.37. The van der Waals surface area contributed by atoms with E-state index in [1.165, 1.54) is 12.1 Å². The van der Waals surface area contributed by atoms with Gasteiger partial charge in [-0.25, -0.2) is 0 Å². The molecule has 0 bridgehead atoms. The number of carbonyl (C=O) groups excluding carboxylic acids is 2. The summed E-state index contributed by atoms with van der Waals surface area (Å²) < 4.78 is 38.4. The van der Waals surface area contributed by atoms with E-state index in [1.54, 1.807) is 19.1 Å². The van der Waals surface area contributed by atoms with Gasteiger partial charge in [0.1, 0.15) is 6.42 Å². The van der Waals surface area contributed by atoms with Gasteiger partial charge in [-0.15, -0.1) is 0 Å². The van der Waals surface area contributed by atoms with Crippen LogP contribution in [0.4, 0.5) is 0 Å². The smallest absolute Gasteiger partial charge is 0.317 e. The van der Waals surface area contributed by atoms with Crippen LogP contribution in [0.25, 0.3) is 0 Å². The number of unbranched alkanes of at least 4 members (excludes halogenated alkanes) is 2. The Hall–Kier alpha value is -1.93. The lowest BCUT2D eigenvalue weighted by Gasteiger charge is -2.07. The summed E-state index contributed by atoms with van der Waals surface area (Å²) in [6.45, 7) is 3.98. The van der Waals surface area contributed by atoms with Crippen molar-refractivity contribution in [1.82, 2.24) is 0 Å². The lowest BCUT2D eigenvalue weighted by Crippen LogP contribution is -2.14. The minimum Gasteiger partial charge on any atom is -0.466 e. The van der Waals surface area contributed by atoms with Crippen LogP contribution in [-0.2, 0) is 33.4 Å². The van der Waals surface area contributed by atoms with E-state index < -0.39 is 28.5 Å². The number of aryl methyl sites for hydroxylation is 1. The molecule has 0 unspecified atom stereocenters. The third-order valence-electron chi connectivity index (χ3n) is 3.19. The molecule has 25 heavy (non-hydrogen) atoms. The zero-order chi connectivity index (χ0) is 18.7. The first-order valence-corrected chi connectivity index (χ1v) is 9.53. The molecule has 1 rings (SSSR count). The van der Waals surface area contributed by atoms with Crippen molar-refractivity contribution in [3.8, 4) is 0 Å². The number of hydrogen-bond donors (Lipinski definition) is 0. The molecule has 0 spiro atoms. The van der Waals surface area contributed by atoms with Crippen molar-refractivity contribution in [2.24, 2.45) is 0 Å². The Balaban J connectivity index is 2.15. The van der Waals surface area contributed by atoms with Gasteiger partial charge in [-0.3, -0.25) is 13.8 Å². The number of ether oxygens (including phenoxy) is 2. The molecule has 1 aromatic carbocycles. The van der Waals surface area contributed by atoms with Crippen LogP contribution in [0, 0.1) is 6.92 Å². The minimum atomic E-state index is -3.74. The molecule has 0 radical (unpaired) electrons. The van der Waals surface area contributed by atoms with Gasteiger partial charge >= 0.3 is 11.9 Å². The molecule has 1 aromatic rings. The summed E-state index contributed by atoms with van der Waals surface area (Å²) in [5, 5.41) is 0. The lowest BCUT2D eigenvalue weighted by atomic mass is 10.2. The molecule has 0 fully saturated rings. The largest absolute Gasteiger partial charge is 0.466 e. The minimum absolute atomic E-state index is 0.0625. The molecule has 0 amide bonds. The van der Waals surface area contributed by atoms with E-state index in [1.807, 2.05) is 6.92 Å². The van der Waals surface area contributed by atoms with Crippen LogP contribution in [0.2, 0.25) is 0 Å².